The second-order valence-corrected chi connectivity index (χ2v) is 4.48. The first-order valence-electron chi connectivity index (χ1n) is 6.74. The molecule has 1 aromatic rings. The lowest BCUT2D eigenvalue weighted by Gasteiger charge is -2.16. The molecule has 0 aliphatic heterocycles. The van der Waals surface area contributed by atoms with Crippen LogP contribution in [-0.2, 0) is 9.59 Å². The van der Waals surface area contributed by atoms with Crippen molar-refractivity contribution in [3.8, 4) is 5.75 Å². The molecule has 0 aromatic heterocycles. The molecule has 0 bridgehead atoms. The highest BCUT2D eigenvalue weighted by atomic mass is 16.5. The lowest BCUT2D eigenvalue weighted by Crippen LogP contribution is -2.28. The lowest BCUT2D eigenvalue weighted by atomic mass is 10.1. The van der Waals surface area contributed by atoms with Gasteiger partial charge in [0.25, 0.3) is 0 Å². The Labute approximate surface area is 120 Å². The van der Waals surface area contributed by atoms with E-state index in [9.17, 15) is 9.59 Å². The van der Waals surface area contributed by atoms with Gasteiger partial charge in [-0.05, 0) is 39.0 Å². The zero-order valence-corrected chi connectivity index (χ0v) is 12.5. The third-order valence-corrected chi connectivity index (χ3v) is 2.90. The summed E-state index contributed by atoms with van der Waals surface area (Å²) in [6.07, 6.45) is 3.20. The molecule has 4 heteroatoms. The van der Waals surface area contributed by atoms with Crippen molar-refractivity contribution >= 4 is 18.0 Å². The van der Waals surface area contributed by atoms with Gasteiger partial charge in [0.05, 0.1) is 0 Å². The van der Waals surface area contributed by atoms with Crippen molar-refractivity contribution in [1.82, 2.24) is 4.90 Å². The van der Waals surface area contributed by atoms with Crippen LogP contribution in [0.1, 0.15) is 31.9 Å². The van der Waals surface area contributed by atoms with E-state index in [1.54, 1.807) is 17.0 Å². The molecule has 0 aliphatic rings. The first kappa shape index (κ1) is 16.0. The topological polar surface area (TPSA) is 46.6 Å². The molecule has 0 fully saturated rings. The molecular formula is C16H21NO3. The summed E-state index contributed by atoms with van der Waals surface area (Å²) in [5.41, 5.74) is 1.76. The van der Waals surface area contributed by atoms with Gasteiger partial charge in [0.2, 0.25) is 5.91 Å². The summed E-state index contributed by atoms with van der Waals surface area (Å²) in [7, 11) is 0. The number of esters is 1. The molecule has 4 nitrogen and oxygen atoms in total. The van der Waals surface area contributed by atoms with Crippen molar-refractivity contribution in [2.45, 2.75) is 27.7 Å². The zero-order chi connectivity index (χ0) is 15.1. The maximum absolute atomic E-state index is 11.9. The summed E-state index contributed by atoms with van der Waals surface area (Å²) in [4.78, 5) is 24.7. The maximum atomic E-state index is 11.9. The molecule has 0 unspecified atom stereocenters. The average molecular weight is 275 g/mol. The van der Waals surface area contributed by atoms with Crippen LogP contribution in [0, 0.1) is 6.92 Å². The number of benzene rings is 1. The van der Waals surface area contributed by atoms with E-state index < -0.39 is 0 Å². The van der Waals surface area contributed by atoms with Crippen LogP contribution in [0.5, 0.6) is 5.75 Å². The Balaban J connectivity index is 2.98. The number of rotatable bonds is 5. The molecule has 0 atom stereocenters. The highest BCUT2D eigenvalue weighted by Crippen LogP contribution is 2.21. The van der Waals surface area contributed by atoms with Gasteiger partial charge >= 0.3 is 5.97 Å². The maximum Gasteiger partial charge on any atom is 0.308 e. The van der Waals surface area contributed by atoms with Crippen molar-refractivity contribution in [2.24, 2.45) is 0 Å². The number of amides is 1. The minimum absolute atomic E-state index is 0.0507. The van der Waals surface area contributed by atoms with Gasteiger partial charge in [0, 0.05) is 31.7 Å². The molecule has 1 aromatic carbocycles. The van der Waals surface area contributed by atoms with Crippen LogP contribution < -0.4 is 4.74 Å². The van der Waals surface area contributed by atoms with Crippen LogP contribution in [0.25, 0.3) is 6.08 Å². The standard InChI is InChI=1S/C16H21NO3/c1-5-17(6-2)16(19)10-8-14-11-12(3)7-9-15(14)20-13(4)18/h7-11H,5-6H2,1-4H3/b10-8-. The number of aryl methyl sites for hydroxylation is 1. The lowest BCUT2D eigenvalue weighted by molar-refractivity contribution is -0.132. The minimum atomic E-state index is -0.376. The van der Waals surface area contributed by atoms with Gasteiger partial charge in [0.1, 0.15) is 5.75 Å². The van der Waals surface area contributed by atoms with Gasteiger partial charge in [0.15, 0.2) is 0 Å². The van der Waals surface area contributed by atoms with Crippen LogP contribution in [0.15, 0.2) is 24.3 Å². The number of hydrogen-bond acceptors (Lipinski definition) is 3. The first-order chi connectivity index (χ1) is 9.47. The van der Waals surface area contributed by atoms with E-state index >= 15 is 0 Å². The van der Waals surface area contributed by atoms with Gasteiger partial charge in [-0.2, -0.15) is 0 Å². The molecular weight excluding hydrogens is 254 g/mol. The quantitative estimate of drug-likeness (QED) is 0.471. The Morgan fingerprint density at radius 3 is 2.45 bits per heavy atom. The molecule has 0 aliphatic carbocycles. The van der Waals surface area contributed by atoms with E-state index in [0.29, 0.717) is 18.8 Å². The van der Waals surface area contributed by atoms with Gasteiger partial charge in [-0.3, -0.25) is 9.59 Å². The highest BCUT2D eigenvalue weighted by molar-refractivity contribution is 5.92. The average Bonchev–Trinajstić information content (AvgIpc) is 2.40. The summed E-state index contributed by atoms with van der Waals surface area (Å²) in [6.45, 7) is 8.52. The van der Waals surface area contributed by atoms with Crippen molar-refractivity contribution in [2.75, 3.05) is 13.1 Å². The highest BCUT2D eigenvalue weighted by Gasteiger charge is 2.07. The second-order valence-electron chi connectivity index (χ2n) is 4.48. The predicted molar refractivity (Wildman–Crippen MR) is 79.5 cm³/mol. The SMILES string of the molecule is CCN(CC)C(=O)/C=C\c1cc(C)ccc1OC(C)=O. The molecule has 0 radical (unpaired) electrons. The van der Waals surface area contributed by atoms with E-state index in [1.807, 2.05) is 32.9 Å². The number of hydrogen-bond donors (Lipinski definition) is 0. The van der Waals surface area contributed by atoms with Gasteiger partial charge in [-0.15, -0.1) is 0 Å². The Hall–Kier alpha value is -2.10. The zero-order valence-electron chi connectivity index (χ0n) is 12.5. The fourth-order valence-electron chi connectivity index (χ4n) is 1.85. The smallest absolute Gasteiger partial charge is 0.308 e. The normalized spacial score (nSPS) is 10.6. The van der Waals surface area contributed by atoms with Crippen molar-refractivity contribution in [1.29, 1.82) is 0 Å². The van der Waals surface area contributed by atoms with E-state index in [-0.39, 0.29) is 11.9 Å². The Morgan fingerprint density at radius 1 is 1.25 bits per heavy atom. The number of carbonyl (C=O) groups is 2. The number of carbonyl (C=O) groups excluding carboxylic acids is 2. The van der Waals surface area contributed by atoms with Crippen LogP contribution in [0.4, 0.5) is 0 Å². The molecule has 0 saturated heterocycles. The van der Waals surface area contributed by atoms with Gasteiger partial charge in [-0.25, -0.2) is 0 Å². The summed E-state index contributed by atoms with van der Waals surface area (Å²) >= 11 is 0. The number of nitrogens with zero attached hydrogens (tertiary/aromatic N) is 1. The molecule has 0 spiro atoms. The Kier molecular flexibility index (Phi) is 5.97. The summed E-state index contributed by atoms with van der Waals surface area (Å²) in [6, 6.07) is 5.48. The van der Waals surface area contributed by atoms with E-state index in [2.05, 4.69) is 0 Å². The molecule has 0 heterocycles. The van der Waals surface area contributed by atoms with E-state index in [0.717, 1.165) is 11.1 Å². The summed E-state index contributed by atoms with van der Waals surface area (Å²) < 4.78 is 5.13. The minimum Gasteiger partial charge on any atom is -0.426 e. The van der Waals surface area contributed by atoms with Crippen LogP contribution >= 0.6 is 0 Å². The largest absolute Gasteiger partial charge is 0.426 e. The molecule has 0 N–H and O–H groups in total. The number of likely N-dealkylation sites (N-methyl/N-ethyl adjacent to an activating group) is 1. The fourth-order valence-corrected chi connectivity index (χ4v) is 1.85. The third-order valence-electron chi connectivity index (χ3n) is 2.90. The van der Waals surface area contributed by atoms with Gasteiger partial charge in [-0.1, -0.05) is 11.6 Å². The van der Waals surface area contributed by atoms with E-state index in [4.69, 9.17) is 4.74 Å². The van der Waals surface area contributed by atoms with Crippen LogP contribution in [0.2, 0.25) is 0 Å². The van der Waals surface area contributed by atoms with Crippen molar-refractivity contribution in [3.05, 3.63) is 35.4 Å². The fraction of sp³-hybridized carbons (Fsp3) is 0.375. The van der Waals surface area contributed by atoms with Crippen LogP contribution in [0.3, 0.4) is 0 Å². The predicted octanol–water partition coefficient (Wildman–Crippen LogP) is 2.80. The molecule has 20 heavy (non-hydrogen) atoms. The summed E-state index contributed by atoms with van der Waals surface area (Å²) in [5, 5.41) is 0. The third kappa shape index (κ3) is 4.53. The molecule has 1 rings (SSSR count). The number of ether oxygens (including phenoxy) is 1. The Morgan fingerprint density at radius 2 is 1.90 bits per heavy atom. The van der Waals surface area contributed by atoms with Crippen LogP contribution in [-0.4, -0.2) is 29.9 Å². The van der Waals surface area contributed by atoms with Crippen molar-refractivity contribution in [3.63, 3.8) is 0 Å². The summed E-state index contributed by atoms with van der Waals surface area (Å²) in [5.74, 6) is 0.0375. The first-order valence-corrected chi connectivity index (χ1v) is 6.74. The van der Waals surface area contributed by atoms with E-state index in [1.165, 1.54) is 13.0 Å². The van der Waals surface area contributed by atoms with Crippen molar-refractivity contribution < 1.29 is 14.3 Å². The van der Waals surface area contributed by atoms with Gasteiger partial charge < -0.3 is 9.64 Å². The molecule has 1 amide bonds. The monoisotopic (exact) mass is 275 g/mol. The Bertz CT molecular complexity index is 516. The molecule has 108 valence electrons. The second kappa shape index (κ2) is 7.48. The molecule has 0 saturated carbocycles.